The molecule has 2 N–H and O–H groups in total. The molecule has 0 bridgehead atoms. The van der Waals surface area contributed by atoms with Crippen molar-refractivity contribution in [2.75, 3.05) is 54.1 Å². The van der Waals surface area contributed by atoms with Gasteiger partial charge < -0.3 is 43.8 Å². The van der Waals surface area contributed by atoms with Gasteiger partial charge in [0.1, 0.15) is 19.4 Å². The van der Waals surface area contributed by atoms with E-state index in [1.54, 1.807) is 35.5 Å². The molecule has 10 heteroatoms. The first-order chi connectivity index (χ1) is 22.4. The van der Waals surface area contributed by atoms with E-state index in [9.17, 15) is 4.79 Å². The second-order valence-corrected chi connectivity index (χ2v) is 10.4. The maximum absolute atomic E-state index is 12.7. The smallest absolute Gasteiger partial charge is 0.255 e. The normalized spacial score (nSPS) is 13.7. The summed E-state index contributed by atoms with van der Waals surface area (Å²) in [4.78, 5) is 12.7. The van der Waals surface area contributed by atoms with Crippen molar-refractivity contribution in [2.24, 2.45) is 0 Å². The number of carbonyl (C=O) groups is 1. The number of benzene rings is 4. The Morgan fingerprint density at radius 1 is 0.609 bits per heavy atom. The van der Waals surface area contributed by atoms with E-state index in [-0.39, 0.29) is 19.1 Å². The van der Waals surface area contributed by atoms with Crippen LogP contribution in [0.1, 0.15) is 38.8 Å². The Bertz CT molecular complexity index is 1710. The zero-order valence-corrected chi connectivity index (χ0v) is 26.8. The summed E-state index contributed by atoms with van der Waals surface area (Å²) in [5.74, 6) is 3.83. The number of aryl methyl sites for hydroxylation is 1. The summed E-state index contributed by atoms with van der Waals surface area (Å²) in [7, 11) is 7.92. The number of hydrogen-bond donors (Lipinski definition) is 2. The standard InChI is InChI=1S/C36H38N2O8/c1-22-7-12-27-26(17-22)36(39)38-35(37-27)25-11-14-29(30(21-25)41-3)45-15-16-46-31-18-23(10-13-28(31)40-2)8-9-24-19-32(42-4)34(44-6)33(20-24)43-5/h7-14,17-21,35,37H,15-16H2,1-6H3,(H,38,39)/b9-8+. The second-order valence-electron chi connectivity index (χ2n) is 10.4. The van der Waals surface area contributed by atoms with Crippen LogP contribution in [0.2, 0.25) is 0 Å². The fourth-order valence-electron chi connectivity index (χ4n) is 5.12. The molecule has 10 nitrogen and oxygen atoms in total. The Morgan fingerprint density at radius 3 is 1.91 bits per heavy atom. The quantitative estimate of drug-likeness (QED) is 0.127. The molecular formula is C36H38N2O8. The largest absolute Gasteiger partial charge is 0.493 e. The Kier molecular flexibility index (Phi) is 10.1. The molecule has 1 aliphatic rings. The molecule has 0 spiro atoms. The number of rotatable bonds is 13. The zero-order valence-electron chi connectivity index (χ0n) is 26.8. The summed E-state index contributed by atoms with van der Waals surface area (Å²) in [5.41, 5.74) is 5.05. The van der Waals surface area contributed by atoms with Crippen molar-refractivity contribution >= 4 is 23.7 Å². The highest BCUT2D eigenvalue weighted by Gasteiger charge is 2.25. The van der Waals surface area contributed by atoms with Gasteiger partial charge in [-0.15, -0.1) is 0 Å². The average molecular weight is 627 g/mol. The van der Waals surface area contributed by atoms with E-state index in [4.69, 9.17) is 33.2 Å². The lowest BCUT2D eigenvalue weighted by Gasteiger charge is -2.28. The van der Waals surface area contributed by atoms with Crippen LogP contribution in [0.4, 0.5) is 5.69 Å². The highest BCUT2D eigenvalue weighted by Crippen LogP contribution is 2.39. The Balaban J connectivity index is 1.22. The predicted octanol–water partition coefficient (Wildman–Crippen LogP) is 6.52. The van der Waals surface area contributed by atoms with Crippen molar-refractivity contribution in [3.8, 4) is 40.2 Å². The molecule has 1 unspecified atom stereocenters. The predicted molar refractivity (Wildman–Crippen MR) is 177 cm³/mol. The minimum absolute atomic E-state index is 0.130. The number of methoxy groups -OCH3 is 5. The van der Waals surface area contributed by atoms with Gasteiger partial charge in [0, 0.05) is 5.69 Å². The molecule has 0 fully saturated rings. The summed E-state index contributed by atoms with van der Waals surface area (Å²) in [6, 6.07) is 20.8. The van der Waals surface area contributed by atoms with Crippen LogP contribution in [-0.2, 0) is 0 Å². The SMILES string of the molecule is COc1cc(C2NC(=O)c3cc(C)ccc3N2)ccc1OCCOc1cc(/C=C/c2cc(OC)c(OC)c(OC)c2)ccc1OC. The fraction of sp³-hybridized carbons (Fsp3) is 0.250. The number of carbonyl (C=O) groups excluding carboxylic acids is 1. The Labute approximate surface area is 268 Å². The van der Waals surface area contributed by atoms with E-state index in [1.807, 2.05) is 85.8 Å². The molecule has 46 heavy (non-hydrogen) atoms. The van der Waals surface area contributed by atoms with Crippen molar-refractivity contribution in [3.05, 3.63) is 94.5 Å². The monoisotopic (exact) mass is 626 g/mol. The molecule has 0 saturated carbocycles. The van der Waals surface area contributed by atoms with Crippen LogP contribution in [-0.4, -0.2) is 54.7 Å². The van der Waals surface area contributed by atoms with Crippen molar-refractivity contribution in [3.63, 3.8) is 0 Å². The summed E-state index contributed by atoms with van der Waals surface area (Å²) >= 11 is 0. The number of fused-ring (bicyclic) bond motifs is 1. The van der Waals surface area contributed by atoms with Gasteiger partial charge >= 0.3 is 0 Å². The molecule has 5 rings (SSSR count). The van der Waals surface area contributed by atoms with Gasteiger partial charge in [0.15, 0.2) is 34.5 Å². The van der Waals surface area contributed by atoms with Crippen molar-refractivity contribution in [1.29, 1.82) is 0 Å². The Morgan fingerprint density at radius 2 is 1.24 bits per heavy atom. The van der Waals surface area contributed by atoms with E-state index >= 15 is 0 Å². The molecule has 240 valence electrons. The van der Waals surface area contributed by atoms with Gasteiger partial charge in [-0.3, -0.25) is 4.79 Å². The first-order valence-electron chi connectivity index (χ1n) is 14.6. The minimum Gasteiger partial charge on any atom is -0.493 e. The van der Waals surface area contributed by atoms with E-state index in [0.29, 0.717) is 45.8 Å². The summed E-state index contributed by atoms with van der Waals surface area (Å²) in [6.45, 7) is 2.48. The van der Waals surface area contributed by atoms with Gasteiger partial charge in [0.2, 0.25) is 5.75 Å². The third-order valence-electron chi connectivity index (χ3n) is 7.46. The maximum atomic E-state index is 12.7. The molecule has 4 aromatic rings. The highest BCUT2D eigenvalue weighted by molar-refractivity contribution is 6.01. The van der Waals surface area contributed by atoms with Crippen molar-refractivity contribution in [1.82, 2.24) is 5.32 Å². The fourth-order valence-corrected chi connectivity index (χ4v) is 5.12. The van der Waals surface area contributed by atoms with Crippen LogP contribution in [0.5, 0.6) is 40.2 Å². The van der Waals surface area contributed by atoms with Gasteiger partial charge in [-0.2, -0.15) is 0 Å². The minimum atomic E-state index is -0.406. The lowest BCUT2D eigenvalue weighted by atomic mass is 10.0. The number of nitrogens with one attached hydrogen (secondary N) is 2. The maximum Gasteiger partial charge on any atom is 0.255 e. The average Bonchev–Trinajstić information content (AvgIpc) is 3.08. The van der Waals surface area contributed by atoms with Gasteiger partial charge in [-0.05, 0) is 72.1 Å². The zero-order chi connectivity index (χ0) is 32.6. The molecule has 1 aliphatic heterocycles. The van der Waals surface area contributed by atoms with E-state index in [2.05, 4.69) is 10.6 Å². The third-order valence-corrected chi connectivity index (χ3v) is 7.46. The number of ether oxygens (including phenoxy) is 7. The molecule has 0 aromatic heterocycles. The molecule has 0 saturated heterocycles. The molecule has 1 atom stereocenters. The lowest BCUT2D eigenvalue weighted by Crippen LogP contribution is -2.38. The Hall–Kier alpha value is -5.51. The first kappa shape index (κ1) is 31.9. The van der Waals surface area contributed by atoms with Gasteiger partial charge in [-0.25, -0.2) is 0 Å². The van der Waals surface area contributed by atoms with Crippen LogP contribution in [0.25, 0.3) is 12.2 Å². The van der Waals surface area contributed by atoms with Crippen molar-refractivity contribution in [2.45, 2.75) is 13.1 Å². The molecule has 1 amide bonds. The highest BCUT2D eigenvalue weighted by atomic mass is 16.6. The molecule has 0 aliphatic carbocycles. The molecule has 1 heterocycles. The molecule has 4 aromatic carbocycles. The number of anilines is 1. The number of amides is 1. The van der Waals surface area contributed by atoms with Crippen LogP contribution in [0.3, 0.4) is 0 Å². The second kappa shape index (κ2) is 14.5. The molecule has 0 radical (unpaired) electrons. The summed E-state index contributed by atoms with van der Waals surface area (Å²) in [6.07, 6.45) is 3.50. The number of hydrogen-bond acceptors (Lipinski definition) is 9. The van der Waals surface area contributed by atoms with Gasteiger partial charge in [-0.1, -0.05) is 35.9 Å². The third kappa shape index (κ3) is 7.07. The van der Waals surface area contributed by atoms with Crippen LogP contribution in [0.15, 0.2) is 66.7 Å². The molecular weight excluding hydrogens is 588 g/mol. The lowest BCUT2D eigenvalue weighted by molar-refractivity contribution is 0.0935. The van der Waals surface area contributed by atoms with Gasteiger partial charge in [0.05, 0.1) is 41.1 Å². The van der Waals surface area contributed by atoms with E-state index < -0.39 is 6.17 Å². The summed E-state index contributed by atoms with van der Waals surface area (Å²) in [5, 5.41) is 6.39. The van der Waals surface area contributed by atoms with E-state index in [0.717, 1.165) is 27.9 Å². The summed E-state index contributed by atoms with van der Waals surface area (Å²) < 4.78 is 39.5. The van der Waals surface area contributed by atoms with Crippen LogP contribution < -0.4 is 43.8 Å². The van der Waals surface area contributed by atoms with E-state index in [1.165, 1.54) is 0 Å². The van der Waals surface area contributed by atoms with Crippen LogP contribution >= 0.6 is 0 Å². The van der Waals surface area contributed by atoms with Gasteiger partial charge in [0.25, 0.3) is 5.91 Å². The topological polar surface area (TPSA) is 106 Å². The van der Waals surface area contributed by atoms with Crippen LogP contribution in [0, 0.1) is 6.92 Å². The first-order valence-corrected chi connectivity index (χ1v) is 14.6. The van der Waals surface area contributed by atoms with Crippen molar-refractivity contribution < 1.29 is 38.0 Å².